The molecule has 2 aliphatic heterocycles. The summed E-state index contributed by atoms with van der Waals surface area (Å²) in [6.07, 6.45) is 8.46. The van der Waals surface area contributed by atoms with Gasteiger partial charge in [0.05, 0.1) is 36.3 Å². The molecule has 1 amide bonds. The number of sulfonamides is 1. The Bertz CT molecular complexity index is 1810. The number of hydrogen-bond acceptors (Lipinski definition) is 8. The number of amides is 1. The number of nitrogens with two attached hydrogens (primary N) is 1. The summed E-state index contributed by atoms with van der Waals surface area (Å²) >= 11 is 0. The second-order valence-electron chi connectivity index (χ2n) is 11.8. The van der Waals surface area contributed by atoms with Gasteiger partial charge in [0, 0.05) is 41.2 Å². The van der Waals surface area contributed by atoms with Gasteiger partial charge in [0.25, 0.3) is 5.91 Å². The van der Waals surface area contributed by atoms with E-state index >= 15 is 0 Å². The van der Waals surface area contributed by atoms with Gasteiger partial charge in [0.2, 0.25) is 10.0 Å². The highest BCUT2D eigenvalue weighted by molar-refractivity contribution is 7.89. The highest BCUT2D eigenvalue weighted by Crippen LogP contribution is 2.64. The van der Waals surface area contributed by atoms with E-state index in [0.29, 0.717) is 23.2 Å². The zero-order chi connectivity index (χ0) is 29.9. The van der Waals surface area contributed by atoms with E-state index in [1.54, 1.807) is 13.3 Å². The summed E-state index contributed by atoms with van der Waals surface area (Å²) in [5, 5.41) is 17.2. The molecule has 222 valence electrons. The van der Waals surface area contributed by atoms with Crippen molar-refractivity contribution in [1.29, 1.82) is 0 Å². The van der Waals surface area contributed by atoms with Gasteiger partial charge in [-0.1, -0.05) is 6.08 Å². The Labute approximate surface area is 249 Å². The number of nitrogens with zero attached hydrogens (tertiary/aromatic N) is 5. The maximum Gasteiger partial charge on any atom is 0.254 e. The van der Waals surface area contributed by atoms with Crippen molar-refractivity contribution in [3.63, 3.8) is 0 Å². The molecule has 7 rings (SSSR count). The topological polar surface area (TPSA) is 147 Å². The molecule has 43 heavy (non-hydrogen) atoms. The number of carbonyl (C=O) groups excluding carboxylic acids is 1. The molecule has 0 bridgehead atoms. The van der Waals surface area contributed by atoms with Gasteiger partial charge in [0.15, 0.2) is 0 Å². The number of carbonyl (C=O) groups is 1. The van der Waals surface area contributed by atoms with E-state index in [9.17, 15) is 13.2 Å². The summed E-state index contributed by atoms with van der Waals surface area (Å²) < 4.78 is 29.1. The smallest absolute Gasteiger partial charge is 0.254 e. The number of fused-ring (bicyclic) bond motifs is 1. The van der Waals surface area contributed by atoms with Crippen LogP contribution in [0, 0.1) is 11.8 Å². The first-order valence-electron chi connectivity index (χ1n) is 14.3. The van der Waals surface area contributed by atoms with Crippen LogP contribution in [0.5, 0.6) is 5.75 Å². The number of H-pyrrole nitrogens is 1. The number of aromatic nitrogens is 4. The molecule has 11 nitrogen and oxygen atoms in total. The number of rotatable bonds is 9. The summed E-state index contributed by atoms with van der Waals surface area (Å²) in [5.74, 6) is 1.14. The Kier molecular flexibility index (Phi) is 6.60. The highest BCUT2D eigenvalue weighted by atomic mass is 32.2. The maximum absolute atomic E-state index is 14.1. The number of primary sulfonamides is 1. The van der Waals surface area contributed by atoms with Gasteiger partial charge < -0.3 is 9.64 Å². The van der Waals surface area contributed by atoms with Gasteiger partial charge in [-0.15, -0.1) is 6.58 Å². The van der Waals surface area contributed by atoms with Crippen molar-refractivity contribution in [2.24, 2.45) is 17.0 Å². The van der Waals surface area contributed by atoms with Gasteiger partial charge in [-0.05, 0) is 79.3 Å². The van der Waals surface area contributed by atoms with E-state index in [2.05, 4.69) is 44.0 Å². The van der Waals surface area contributed by atoms with E-state index in [0.717, 1.165) is 42.5 Å². The van der Waals surface area contributed by atoms with Crippen molar-refractivity contribution in [2.75, 3.05) is 13.7 Å². The summed E-state index contributed by atoms with van der Waals surface area (Å²) in [7, 11) is -2.20. The van der Waals surface area contributed by atoms with Gasteiger partial charge in [-0.2, -0.15) is 15.4 Å². The minimum Gasteiger partial charge on any atom is -0.497 e. The SMILES string of the molecule is C=CC1CC23CC(Cc4ccnc5ccc(OC)cc45)N2CC(N(Cc2cn[nH]n2)C(=O)c2ccc(S(N)(=O)=O)cc2)C13. The van der Waals surface area contributed by atoms with Crippen molar-refractivity contribution in [3.05, 3.63) is 90.4 Å². The van der Waals surface area contributed by atoms with Crippen LogP contribution in [0.4, 0.5) is 0 Å². The molecular weight excluding hydrogens is 566 g/mol. The summed E-state index contributed by atoms with van der Waals surface area (Å²) in [5.41, 5.74) is 3.24. The van der Waals surface area contributed by atoms with Crippen LogP contribution >= 0.6 is 0 Å². The second-order valence-corrected chi connectivity index (χ2v) is 13.4. The Morgan fingerprint density at radius 3 is 2.74 bits per heavy atom. The normalized spacial score (nSPS) is 26.2. The fraction of sp³-hybridized carbons (Fsp3) is 0.355. The van der Waals surface area contributed by atoms with Crippen LogP contribution in [0.25, 0.3) is 10.9 Å². The van der Waals surface area contributed by atoms with Gasteiger partial charge >= 0.3 is 0 Å². The minimum absolute atomic E-state index is 0.0224. The number of allylic oxidation sites excluding steroid dienone is 1. The van der Waals surface area contributed by atoms with Crippen molar-refractivity contribution in [3.8, 4) is 5.75 Å². The number of nitrogens with one attached hydrogen (secondary N) is 1. The molecule has 2 aromatic heterocycles. The predicted octanol–water partition coefficient (Wildman–Crippen LogP) is 2.91. The molecule has 4 heterocycles. The lowest BCUT2D eigenvalue weighted by atomic mass is 9.52. The molecule has 1 aliphatic carbocycles. The predicted molar refractivity (Wildman–Crippen MR) is 159 cm³/mol. The monoisotopic (exact) mass is 599 g/mol. The molecular formula is C31H33N7O4S. The third kappa shape index (κ3) is 4.52. The standard InChI is InChI=1S/C31H33N7O4S/c1-3-19-14-31-15-23(12-21-10-11-33-27-9-6-24(42-2)13-26(21)27)38(31)18-28(29(19)31)37(17-22-16-34-36-35-22)30(39)20-4-7-25(8-5-20)43(32,40)41/h3-11,13,16,19,23,28-29H,1,12,14-15,17-18H2,2H3,(H2,32,40,41)(H,34,35,36). The molecule has 2 aromatic carbocycles. The lowest BCUT2D eigenvalue weighted by molar-refractivity contribution is -0.137. The molecule has 1 spiro atoms. The van der Waals surface area contributed by atoms with Crippen molar-refractivity contribution in [2.45, 2.75) is 48.3 Å². The van der Waals surface area contributed by atoms with Crippen molar-refractivity contribution >= 4 is 26.8 Å². The highest BCUT2D eigenvalue weighted by Gasteiger charge is 2.71. The molecule has 3 N–H and O–H groups in total. The van der Waals surface area contributed by atoms with Crippen LogP contribution in [-0.4, -0.2) is 75.8 Å². The first-order chi connectivity index (χ1) is 20.7. The summed E-state index contributed by atoms with van der Waals surface area (Å²) in [6.45, 7) is 5.13. The Morgan fingerprint density at radius 2 is 2.05 bits per heavy atom. The zero-order valence-electron chi connectivity index (χ0n) is 23.8. The first-order valence-corrected chi connectivity index (χ1v) is 15.9. The van der Waals surface area contributed by atoms with E-state index in [-0.39, 0.29) is 34.8 Å². The van der Waals surface area contributed by atoms with Crippen LogP contribution < -0.4 is 9.88 Å². The molecule has 1 saturated carbocycles. The summed E-state index contributed by atoms with van der Waals surface area (Å²) in [6, 6.07) is 14.1. The first kappa shape index (κ1) is 27.7. The molecule has 4 aromatic rings. The van der Waals surface area contributed by atoms with Crippen LogP contribution in [0.2, 0.25) is 0 Å². The van der Waals surface area contributed by atoms with E-state index in [1.165, 1.54) is 29.8 Å². The lowest BCUT2D eigenvalue weighted by Crippen LogP contribution is -2.72. The van der Waals surface area contributed by atoms with Crippen LogP contribution in [0.3, 0.4) is 0 Å². The second kappa shape index (κ2) is 10.2. The van der Waals surface area contributed by atoms with E-state index in [1.807, 2.05) is 29.3 Å². The van der Waals surface area contributed by atoms with Gasteiger partial charge in [0.1, 0.15) is 11.4 Å². The van der Waals surface area contributed by atoms with E-state index in [4.69, 9.17) is 9.88 Å². The molecule has 5 atom stereocenters. The van der Waals surface area contributed by atoms with Crippen LogP contribution in [0.1, 0.15) is 34.5 Å². The van der Waals surface area contributed by atoms with Gasteiger partial charge in [-0.25, -0.2) is 13.6 Å². The maximum atomic E-state index is 14.1. The molecule has 0 radical (unpaired) electrons. The molecule has 12 heteroatoms. The third-order valence-electron chi connectivity index (χ3n) is 9.76. The molecule has 5 unspecified atom stereocenters. The average Bonchev–Trinajstić information content (AvgIpc) is 3.57. The number of ether oxygens (including phenoxy) is 1. The Morgan fingerprint density at radius 1 is 1.23 bits per heavy atom. The largest absolute Gasteiger partial charge is 0.497 e. The lowest BCUT2D eigenvalue weighted by Gasteiger charge is -2.65. The third-order valence-corrected chi connectivity index (χ3v) is 10.7. The average molecular weight is 600 g/mol. The number of aromatic amines is 1. The number of benzene rings is 2. The number of pyridine rings is 1. The fourth-order valence-electron chi connectivity index (χ4n) is 7.83. The zero-order valence-corrected chi connectivity index (χ0v) is 24.6. The van der Waals surface area contributed by atoms with Crippen LogP contribution in [-0.2, 0) is 23.0 Å². The number of methoxy groups -OCH3 is 1. The fourth-order valence-corrected chi connectivity index (χ4v) is 8.34. The Hall–Kier alpha value is -4.13. The van der Waals surface area contributed by atoms with Crippen molar-refractivity contribution in [1.82, 2.24) is 30.2 Å². The van der Waals surface area contributed by atoms with Gasteiger partial charge in [-0.3, -0.25) is 14.7 Å². The van der Waals surface area contributed by atoms with Crippen LogP contribution in [0.15, 0.2) is 78.5 Å². The summed E-state index contributed by atoms with van der Waals surface area (Å²) in [4.78, 5) is 23.1. The Balaban J connectivity index is 1.20. The molecule has 3 aliphatic rings. The minimum atomic E-state index is -3.87. The van der Waals surface area contributed by atoms with Crippen molar-refractivity contribution < 1.29 is 17.9 Å². The molecule has 3 fully saturated rings. The number of hydrogen-bond donors (Lipinski definition) is 2. The van der Waals surface area contributed by atoms with E-state index < -0.39 is 10.0 Å². The molecule has 2 saturated heterocycles. The quantitative estimate of drug-likeness (QED) is 0.279.